The number of fused-ring (bicyclic) bond motifs is 1. The standard InChI is InChI=1S/C16H20O6/c1-9(17)5-12-3-2-4-13(19)16-10(7-15(21)22-12)6-11(18)8-14(16)20/h6,8-9,12,17-18,20H,2-5,7H2,1H3/t9-,12+/m0/s1. The maximum atomic E-state index is 12.2. The number of aliphatic hydroxyl groups excluding tert-OH is 1. The molecule has 1 aliphatic rings. The van der Waals surface area contributed by atoms with E-state index in [1.807, 2.05) is 0 Å². The quantitative estimate of drug-likeness (QED) is 0.718. The van der Waals surface area contributed by atoms with Crippen LogP contribution in [-0.4, -0.2) is 39.3 Å². The van der Waals surface area contributed by atoms with Gasteiger partial charge in [-0.05, 0) is 31.4 Å². The zero-order valence-electron chi connectivity index (χ0n) is 12.4. The van der Waals surface area contributed by atoms with E-state index < -0.39 is 18.2 Å². The van der Waals surface area contributed by atoms with Crippen LogP contribution in [0, 0.1) is 0 Å². The second kappa shape index (κ2) is 6.79. The van der Waals surface area contributed by atoms with E-state index in [1.54, 1.807) is 6.92 Å². The van der Waals surface area contributed by atoms with Gasteiger partial charge in [-0.2, -0.15) is 0 Å². The highest BCUT2D eigenvalue weighted by atomic mass is 16.5. The maximum Gasteiger partial charge on any atom is 0.310 e. The number of benzene rings is 1. The lowest BCUT2D eigenvalue weighted by Gasteiger charge is -2.21. The molecule has 0 amide bonds. The van der Waals surface area contributed by atoms with Crippen molar-refractivity contribution in [1.29, 1.82) is 0 Å². The van der Waals surface area contributed by atoms with Crippen molar-refractivity contribution in [3.05, 3.63) is 23.3 Å². The lowest BCUT2D eigenvalue weighted by molar-refractivity contribution is -0.149. The summed E-state index contributed by atoms with van der Waals surface area (Å²) in [6.07, 6.45) is 0.251. The van der Waals surface area contributed by atoms with Crippen LogP contribution in [0.4, 0.5) is 0 Å². The summed E-state index contributed by atoms with van der Waals surface area (Å²) in [5.74, 6) is -1.35. The molecule has 0 fully saturated rings. The van der Waals surface area contributed by atoms with E-state index >= 15 is 0 Å². The van der Waals surface area contributed by atoms with Gasteiger partial charge in [-0.25, -0.2) is 0 Å². The molecule has 3 N–H and O–H groups in total. The minimum Gasteiger partial charge on any atom is -0.508 e. The molecule has 0 saturated carbocycles. The molecule has 0 spiro atoms. The number of hydrogen-bond donors (Lipinski definition) is 3. The molecule has 1 aromatic rings. The molecule has 0 aromatic heterocycles. The molecule has 6 heteroatoms. The van der Waals surface area contributed by atoms with E-state index in [9.17, 15) is 24.9 Å². The predicted molar refractivity (Wildman–Crippen MR) is 77.8 cm³/mol. The van der Waals surface area contributed by atoms with Gasteiger partial charge in [0.05, 0.1) is 18.1 Å². The van der Waals surface area contributed by atoms with Crippen LogP contribution in [0.5, 0.6) is 11.5 Å². The third-order valence-corrected chi connectivity index (χ3v) is 3.63. The number of rotatable bonds is 2. The highest BCUT2D eigenvalue weighted by Gasteiger charge is 2.24. The smallest absolute Gasteiger partial charge is 0.310 e. The van der Waals surface area contributed by atoms with E-state index in [-0.39, 0.29) is 41.3 Å². The normalized spacial score (nSPS) is 20.9. The number of phenolic OH excluding ortho intramolecular Hbond substituents is 2. The van der Waals surface area contributed by atoms with Crippen LogP contribution in [0.25, 0.3) is 0 Å². The first-order chi connectivity index (χ1) is 10.4. The molecule has 0 unspecified atom stereocenters. The Hall–Kier alpha value is -2.08. The van der Waals surface area contributed by atoms with Crippen LogP contribution in [0.1, 0.15) is 48.5 Å². The number of esters is 1. The van der Waals surface area contributed by atoms with Gasteiger partial charge in [0, 0.05) is 18.9 Å². The molecule has 2 atom stereocenters. The fourth-order valence-electron chi connectivity index (χ4n) is 2.73. The van der Waals surface area contributed by atoms with Crippen molar-refractivity contribution < 1.29 is 29.6 Å². The Kier molecular flexibility index (Phi) is 5.03. The maximum absolute atomic E-state index is 12.2. The Morgan fingerprint density at radius 2 is 2.05 bits per heavy atom. The third-order valence-electron chi connectivity index (χ3n) is 3.63. The van der Waals surface area contributed by atoms with Gasteiger partial charge in [0.15, 0.2) is 5.78 Å². The van der Waals surface area contributed by atoms with Crippen LogP contribution in [0.15, 0.2) is 12.1 Å². The molecule has 0 bridgehead atoms. The number of cyclic esters (lactones) is 1. The molecule has 6 nitrogen and oxygen atoms in total. The summed E-state index contributed by atoms with van der Waals surface area (Å²) in [5.41, 5.74) is 0.328. The molecule has 0 aliphatic carbocycles. The van der Waals surface area contributed by atoms with E-state index in [0.717, 1.165) is 6.07 Å². The second-order valence-corrected chi connectivity index (χ2v) is 5.69. The number of hydrogen-bond acceptors (Lipinski definition) is 6. The van der Waals surface area contributed by atoms with Gasteiger partial charge in [0.2, 0.25) is 0 Å². The highest BCUT2D eigenvalue weighted by molar-refractivity contribution is 6.01. The van der Waals surface area contributed by atoms with Crippen molar-refractivity contribution in [1.82, 2.24) is 0 Å². The Morgan fingerprint density at radius 1 is 1.32 bits per heavy atom. The van der Waals surface area contributed by atoms with Crippen LogP contribution < -0.4 is 0 Å². The monoisotopic (exact) mass is 308 g/mol. The van der Waals surface area contributed by atoms with Crippen molar-refractivity contribution in [2.24, 2.45) is 0 Å². The minimum atomic E-state index is -0.600. The van der Waals surface area contributed by atoms with E-state index in [0.29, 0.717) is 19.3 Å². The Morgan fingerprint density at radius 3 is 2.73 bits per heavy atom. The average molecular weight is 308 g/mol. The number of aromatic hydroxyl groups is 2. The Bertz CT molecular complexity index is 578. The van der Waals surface area contributed by atoms with Crippen molar-refractivity contribution in [2.45, 2.75) is 51.2 Å². The highest BCUT2D eigenvalue weighted by Crippen LogP contribution is 2.30. The molecule has 22 heavy (non-hydrogen) atoms. The largest absolute Gasteiger partial charge is 0.508 e. The van der Waals surface area contributed by atoms with Gasteiger partial charge < -0.3 is 20.1 Å². The summed E-state index contributed by atoms with van der Waals surface area (Å²) in [6.45, 7) is 1.61. The van der Waals surface area contributed by atoms with Crippen LogP contribution in [-0.2, 0) is 16.0 Å². The molecule has 120 valence electrons. The predicted octanol–water partition coefficient (Wildman–Crippen LogP) is 1.69. The fourth-order valence-corrected chi connectivity index (χ4v) is 2.73. The summed E-state index contributed by atoms with van der Waals surface area (Å²) in [4.78, 5) is 24.3. The third kappa shape index (κ3) is 3.98. The summed E-state index contributed by atoms with van der Waals surface area (Å²) in [5, 5.41) is 28.9. The molecule has 1 heterocycles. The van der Waals surface area contributed by atoms with E-state index in [4.69, 9.17) is 4.74 Å². The number of carbonyl (C=O) groups excluding carboxylic acids is 2. The first-order valence-corrected chi connectivity index (χ1v) is 7.32. The van der Waals surface area contributed by atoms with Gasteiger partial charge in [-0.1, -0.05) is 0 Å². The fraction of sp³-hybridized carbons (Fsp3) is 0.500. The van der Waals surface area contributed by atoms with Gasteiger partial charge in [0.25, 0.3) is 0 Å². The van der Waals surface area contributed by atoms with E-state index in [1.165, 1.54) is 6.07 Å². The molecule has 2 rings (SSSR count). The number of phenols is 2. The molecule has 0 saturated heterocycles. The minimum absolute atomic E-state index is 0.0729. The number of carbonyl (C=O) groups is 2. The first kappa shape index (κ1) is 16.3. The van der Waals surface area contributed by atoms with Crippen molar-refractivity contribution in [3.63, 3.8) is 0 Å². The van der Waals surface area contributed by atoms with Crippen molar-refractivity contribution in [2.75, 3.05) is 0 Å². The zero-order valence-corrected chi connectivity index (χ0v) is 12.4. The SMILES string of the molecule is C[C@H](O)C[C@H]1CCCC(=O)c2c(O)cc(O)cc2CC(=O)O1. The summed E-state index contributed by atoms with van der Waals surface area (Å²) in [7, 11) is 0. The lowest BCUT2D eigenvalue weighted by atomic mass is 9.94. The molecule has 1 aliphatic heterocycles. The van der Waals surface area contributed by atoms with Crippen LogP contribution in [0.3, 0.4) is 0 Å². The van der Waals surface area contributed by atoms with Gasteiger partial charge in [-0.3, -0.25) is 9.59 Å². The summed E-state index contributed by atoms with van der Waals surface area (Å²) < 4.78 is 5.34. The molecular formula is C16H20O6. The lowest BCUT2D eigenvalue weighted by Crippen LogP contribution is -2.25. The van der Waals surface area contributed by atoms with Gasteiger partial charge in [0.1, 0.15) is 17.6 Å². The van der Waals surface area contributed by atoms with Crippen molar-refractivity contribution >= 4 is 11.8 Å². The molecular weight excluding hydrogens is 288 g/mol. The van der Waals surface area contributed by atoms with Gasteiger partial charge >= 0.3 is 5.97 Å². The van der Waals surface area contributed by atoms with E-state index in [2.05, 4.69) is 0 Å². The second-order valence-electron chi connectivity index (χ2n) is 5.69. The topological polar surface area (TPSA) is 104 Å². The van der Waals surface area contributed by atoms with Crippen LogP contribution in [0.2, 0.25) is 0 Å². The number of ether oxygens (including phenoxy) is 1. The Labute approximate surface area is 128 Å². The number of Topliss-reactive ketones (excluding diaryl/α,β-unsaturated/α-hetero) is 1. The van der Waals surface area contributed by atoms with Crippen LogP contribution >= 0.6 is 0 Å². The zero-order chi connectivity index (χ0) is 16.3. The summed E-state index contributed by atoms with van der Waals surface area (Å²) in [6, 6.07) is 2.38. The molecule has 0 radical (unpaired) electrons. The van der Waals surface area contributed by atoms with Gasteiger partial charge in [-0.15, -0.1) is 0 Å². The summed E-state index contributed by atoms with van der Waals surface area (Å²) >= 11 is 0. The average Bonchev–Trinajstić information content (AvgIpc) is 2.35. The molecule has 1 aromatic carbocycles. The van der Waals surface area contributed by atoms with Crippen molar-refractivity contribution in [3.8, 4) is 11.5 Å². The number of aliphatic hydroxyl groups is 1. The number of ketones is 1. The Balaban J connectivity index is 2.30. The first-order valence-electron chi connectivity index (χ1n) is 7.32.